The maximum atomic E-state index is 11.1. The lowest BCUT2D eigenvalue weighted by molar-refractivity contribution is 0.0639. The number of anilines is 1. The summed E-state index contributed by atoms with van der Waals surface area (Å²) >= 11 is 5.81. The predicted molar refractivity (Wildman–Crippen MR) is 84.8 cm³/mol. The Hall–Kier alpha value is -1.14. The molecule has 16 heteroatoms. The van der Waals surface area contributed by atoms with Gasteiger partial charge in [-0.25, -0.2) is 14.1 Å². The van der Waals surface area contributed by atoms with E-state index in [0.717, 1.165) is 0 Å². The van der Waals surface area contributed by atoms with Crippen LogP contribution in [0, 0.1) is 0 Å². The van der Waals surface area contributed by atoms with Crippen LogP contribution in [0.15, 0.2) is 6.33 Å². The minimum absolute atomic E-state index is 0.0995. The Kier molecular flexibility index (Phi) is 6.15. The molecule has 2 rings (SSSR count). The monoisotopic (exact) mass is 417 g/mol. The van der Waals surface area contributed by atoms with Crippen molar-refractivity contribution in [3.8, 4) is 0 Å². The molecular formula is C9H14ClN5O8P2. The van der Waals surface area contributed by atoms with Gasteiger partial charge < -0.3 is 29.5 Å². The van der Waals surface area contributed by atoms with Crippen molar-refractivity contribution >= 4 is 44.2 Å². The van der Waals surface area contributed by atoms with E-state index in [1.165, 1.54) is 10.9 Å². The molecule has 1 atom stereocenters. The van der Waals surface area contributed by atoms with E-state index < -0.39 is 28.4 Å². The van der Waals surface area contributed by atoms with Crippen molar-refractivity contribution in [3.63, 3.8) is 0 Å². The number of aromatic nitrogens is 4. The number of rotatable bonds is 8. The van der Waals surface area contributed by atoms with Crippen molar-refractivity contribution in [3.05, 3.63) is 11.6 Å². The molecule has 5 N–H and O–H groups in total. The van der Waals surface area contributed by atoms with Crippen LogP contribution in [-0.2, 0) is 24.7 Å². The Morgan fingerprint density at radius 2 is 1.96 bits per heavy atom. The van der Waals surface area contributed by atoms with Crippen molar-refractivity contribution in [2.24, 2.45) is 0 Å². The lowest BCUT2D eigenvalue weighted by Gasteiger charge is -2.19. The number of imidazole rings is 1. The van der Waals surface area contributed by atoms with Gasteiger partial charge in [-0.15, -0.1) is 0 Å². The largest absolute Gasteiger partial charge is 0.469 e. The van der Waals surface area contributed by atoms with Crippen molar-refractivity contribution < 1.29 is 37.8 Å². The van der Waals surface area contributed by atoms with Crippen LogP contribution in [0.25, 0.3) is 11.2 Å². The molecular weight excluding hydrogens is 404 g/mol. The van der Waals surface area contributed by atoms with Gasteiger partial charge in [-0.3, -0.25) is 9.05 Å². The van der Waals surface area contributed by atoms with E-state index in [0.29, 0.717) is 11.3 Å². The van der Waals surface area contributed by atoms with Crippen LogP contribution in [0.2, 0.25) is 5.28 Å². The molecule has 0 unspecified atom stereocenters. The molecule has 0 bridgehead atoms. The zero-order valence-electron chi connectivity index (χ0n) is 12.6. The molecule has 0 aliphatic heterocycles. The van der Waals surface area contributed by atoms with Gasteiger partial charge in [0.15, 0.2) is 17.0 Å². The normalized spacial score (nSPS) is 14.0. The van der Waals surface area contributed by atoms with Gasteiger partial charge in [0, 0.05) is 7.05 Å². The highest BCUT2D eigenvalue weighted by atomic mass is 35.5. The van der Waals surface area contributed by atoms with Crippen molar-refractivity contribution in [1.29, 1.82) is 0 Å². The third-order valence-electron chi connectivity index (χ3n) is 2.79. The summed E-state index contributed by atoms with van der Waals surface area (Å²) < 4.78 is 31.9. The first-order valence-corrected chi connectivity index (χ1v) is 9.92. The van der Waals surface area contributed by atoms with E-state index in [1.54, 1.807) is 7.05 Å². The molecule has 0 aromatic carbocycles. The highest BCUT2D eigenvalue weighted by Crippen LogP contribution is 2.41. The molecule has 25 heavy (non-hydrogen) atoms. The standard InChI is InChI=1S/C9H14ClN5O8P2/c1-11-7-6-8(14-9(10)13-7)15(4-12-6)2-5(23-25(19,20)21)3-22-24(16,17)18/h4-5H,2-3H2,1H3,(H,11,13,14)(H2,16,17,18)(H2,19,20,21)/t5-/m1/s1. The van der Waals surface area contributed by atoms with Gasteiger partial charge in [0.2, 0.25) is 5.28 Å². The fraction of sp³-hybridized carbons (Fsp3) is 0.444. The number of halogens is 1. The first kappa shape index (κ1) is 20.2. The number of fused-ring (bicyclic) bond motifs is 1. The molecule has 2 aromatic rings. The molecule has 0 aliphatic rings. The molecule has 0 saturated carbocycles. The third kappa shape index (κ3) is 5.96. The average molecular weight is 418 g/mol. The summed E-state index contributed by atoms with van der Waals surface area (Å²) in [4.78, 5) is 47.3. The molecule has 140 valence electrons. The fourth-order valence-electron chi connectivity index (χ4n) is 1.94. The van der Waals surface area contributed by atoms with Crippen LogP contribution in [0.4, 0.5) is 5.82 Å². The zero-order chi connectivity index (χ0) is 18.8. The molecule has 0 spiro atoms. The first-order valence-electron chi connectivity index (χ1n) is 6.48. The summed E-state index contributed by atoms with van der Waals surface area (Å²) in [5, 5.41) is 2.67. The molecule has 13 nitrogen and oxygen atoms in total. The Morgan fingerprint density at radius 3 is 2.52 bits per heavy atom. The van der Waals surface area contributed by atoms with Gasteiger partial charge in [-0.1, -0.05) is 0 Å². The Morgan fingerprint density at radius 1 is 1.28 bits per heavy atom. The molecule has 0 amide bonds. The highest BCUT2D eigenvalue weighted by Gasteiger charge is 2.27. The summed E-state index contributed by atoms with van der Waals surface area (Å²) in [6.45, 7) is -1.06. The predicted octanol–water partition coefficient (Wildman–Crippen LogP) is 0.109. The summed E-state index contributed by atoms with van der Waals surface area (Å²) in [6, 6.07) is 0. The van der Waals surface area contributed by atoms with Gasteiger partial charge in [0.25, 0.3) is 0 Å². The van der Waals surface area contributed by atoms with Crippen LogP contribution in [0.5, 0.6) is 0 Å². The maximum absolute atomic E-state index is 11.1. The maximum Gasteiger partial charge on any atom is 0.469 e. The first-order chi connectivity index (χ1) is 11.5. The van der Waals surface area contributed by atoms with Crippen LogP contribution in [-0.4, -0.2) is 58.9 Å². The van der Waals surface area contributed by atoms with E-state index in [2.05, 4.69) is 29.3 Å². The van der Waals surface area contributed by atoms with Crippen LogP contribution in [0.1, 0.15) is 0 Å². The van der Waals surface area contributed by atoms with E-state index in [9.17, 15) is 9.13 Å². The van der Waals surface area contributed by atoms with E-state index in [-0.39, 0.29) is 17.5 Å². The van der Waals surface area contributed by atoms with Crippen LogP contribution < -0.4 is 5.32 Å². The number of hydrogen-bond acceptors (Lipinski definition) is 8. The quantitative estimate of drug-likeness (QED) is 0.288. The summed E-state index contributed by atoms with van der Waals surface area (Å²) in [6.07, 6.45) is -0.123. The number of nitrogens with one attached hydrogen (secondary N) is 1. The summed E-state index contributed by atoms with van der Waals surface area (Å²) in [5.74, 6) is 0.327. The summed E-state index contributed by atoms with van der Waals surface area (Å²) in [7, 11) is -8.22. The second kappa shape index (κ2) is 7.62. The number of phosphoric ester groups is 2. The van der Waals surface area contributed by atoms with Gasteiger partial charge >= 0.3 is 15.6 Å². The van der Waals surface area contributed by atoms with Gasteiger partial charge in [-0.2, -0.15) is 9.97 Å². The molecule has 2 heterocycles. The van der Waals surface area contributed by atoms with Crippen molar-refractivity contribution in [2.45, 2.75) is 12.6 Å². The molecule has 2 aromatic heterocycles. The van der Waals surface area contributed by atoms with Crippen LogP contribution in [0.3, 0.4) is 0 Å². The highest BCUT2D eigenvalue weighted by molar-refractivity contribution is 7.46. The van der Waals surface area contributed by atoms with Crippen molar-refractivity contribution in [2.75, 3.05) is 19.0 Å². The lowest BCUT2D eigenvalue weighted by atomic mass is 10.4. The average Bonchev–Trinajstić information content (AvgIpc) is 2.84. The van der Waals surface area contributed by atoms with Gasteiger partial charge in [0.1, 0.15) is 6.10 Å². The zero-order valence-corrected chi connectivity index (χ0v) is 15.1. The molecule has 0 radical (unpaired) electrons. The van der Waals surface area contributed by atoms with Crippen molar-refractivity contribution in [1.82, 2.24) is 19.5 Å². The smallest absolute Gasteiger partial charge is 0.371 e. The summed E-state index contributed by atoms with van der Waals surface area (Å²) in [5.41, 5.74) is 0.553. The van der Waals surface area contributed by atoms with E-state index in [1.807, 2.05) is 0 Å². The SMILES string of the molecule is CNc1nc(Cl)nc2c1ncn2C[C@H](COP(=O)(O)O)OP(=O)(O)O. The number of phosphoric acid groups is 2. The lowest BCUT2D eigenvalue weighted by Crippen LogP contribution is -2.24. The third-order valence-corrected chi connectivity index (χ3v) is 4.02. The second-order valence-corrected chi connectivity index (χ2v) is 7.43. The molecule has 0 fully saturated rings. The number of nitrogens with zero attached hydrogens (tertiary/aromatic N) is 4. The second-order valence-electron chi connectivity index (χ2n) is 4.66. The molecule has 0 aliphatic carbocycles. The minimum Gasteiger partial charge on any atom is -0.371 e. The van der Waals surface area contributed by atoms with E-state index in [4.69, 9.17) is 31.2 Å². The number of hydrogen-bond donors (Lipinski definition) is 5. The Bertz CT molecular complexity index is 850. The van der Waals surface area contributed by atoms with Gasteiger partial charge in [0.05, 0.1) is 19.5 Å². The van der Waals surface area contributed by atoms with Gasteiger partial charge in [-0.05, 0) is 11.6 Å². The van der Waals surface area contributed by atoms with Crippen LogP contribution >= 0.6 is 27.2 Å². The van der Waals surface area contributed by atoms with E-state index >= 15 is 0 Å². The Balaban J connectivity index is 2.31. The fourth-order valence-corrected chi connectivity index (χ4v) is 2.98. The topological polar surface area (TPSA) is 189 Å². The molecule has 0 saturated heterocycles. The minimum atomic E-state index is -4.95. The Labute approximate surface area is 145 Å².